The largest absolute Gasteiger partial charge is 0.489 e. The van der Waals surface area contributed by atoms with Crippen LogP contribution in [0.2, 0.25) is 0 Å². The summed E-state index contributed by atoms with van der Waals surface area (Å²) in [6.07, 6.45) is 2.29. The molecule has 2 unspecified atom stereocenters. The van der Waals surface area contributed by atoms with Gasteiger partial charge in [-0.25, -0.2) is 9.59 Å². The number of benzene rings is 2. The second-order valence-electron chi connectivity index (χ2n) is 9.74. The van der Waals surface area contributed by atoms with Crippen LogP contribution in [0.1, 0.15) is 31.9 Å². The number of rotatable bonds is 14. The Kier molecular flexibility index (Phi) is 10.7. The summed E-state index contributed by atoms with van der Waals surface area (Å²) in [6.45, 7) is 13.2. The van der Waals surface area contributed by atoms with Gasteiger partial charge in [0.15, 0.2) is 12.2 Å². The maximum absolute atomic E-state index is 12.1. The molecule has 0 amide bonds. The fourth-order valence-corrected chi connectivity index (χ4v) is 4.30. The fourth-order valence-electron chi connectivity index (χ4n) is 4.30. The number of methoxy groups -OCH3 is 2. The van der Waals surface area contributed by atoms with Crippen LogP contribution in [-0.2, 0) is 41.4 Å². The quantitative estimate of drug-likeness (QED) is 0.190. The van der Waals surface area contributed by atoms with Crippen molar-refractivity contribution in [1.29, 1.82) is 0 Å². The Balaban J connectivity index is 1.98. The SMILES string of the molecule is C=C(C)C(=O)OC(COC)COc1c2c(c(OCC(COC)OC(=O)C(=C)C)c3ccccc13)CC(C)=CC2. The highest BCUT2D eigenvalue weighted by atomic mass is 16.6. The van der Waals surface area contributed by atoms with Crippen molar-refractivity contribution in [3.05, 3.63) is 71.3 Å². The fraction of sp³-hybridized carbons (Fsp3) is 0.419. The monoisotopic (exact) mass is 538 g/mol. The molecule has 8 heteroatoms. The van der Waals surface area contributed by atoms with Gasteiger partial charge in [0.1, 0.15) is 24.7 Å². The number of carbonyl (C=O) groups excluding carboxylic acids is 2. The molecule has 39 heavy (non-hydrogen) atoms. The Morgan fingerprint density at radius 2 is 1.26 bits per heavy atom. The van der Waals surface area contributed by atoms with Gasteiger partial charge in [0, 0.05) is 47.3 Å². The minimum absolute atomic E-state index is 0.110. The molecule has 0 heterocycles. The lowest BCUT2D eigenvalue weighted by molar-refractivity contribution is -0.149. The molecular formula is C31H38O8. The minimum atomic E-state index is -0.609. The molecule has 1 aliphatic rings. The van der Waals surface area contributed by atoms with E-state index in [4.69, 9.17) is 28.4 Å². The van der Waals surface area contributed by atoms with E-state index in [0.717, 1.165) is 27.6 Å². The van der Waals surface area contributed by atoms with Crippen molar-refractivity contribution in [3.63, 3.8) is 0 Å². The van der Waals surface area contributed by atoms with Crippen LogP contribution in [0.25, 0.3) is 10.8 Å². The van der Waals surface area contributed by atoms with Gasteiger partial charge in [0.25, 0.3) is 0 Å². The van der Waals surface area contributed by atoms with Crippen LogP contribution in [0.4, 0.5) is 0 Å². The predicted molar refractivity (Wildman–Crippen MR) is 149 cm³/mol. The van der Waals surface area contributed by atoms with E-state index in [1.54, 1.807) is 28.1 Å². The lowest BCUT2D eigenvalue weighted by atomic mass is 9.87. The van der Waals surface area contributed by atoms with E-state index in [1.807, 2.05) is 24.3 Å². The van der Waals surface area contributed by atoms with Gasteiger partial charge in [-0.1, -0.05) is 49.1 Å². The summed E-state index contributed by atoms with van der Waals surface area (Å²) in [5.74, 6) is 0.446. The van der Waals surface area contributed by atoms with E-state index in [0.29, 0.717) is 29.7 Å². The van der Waals surface area contributed by atoms with Crippen molar-refractivity contribution in [1.82, 2.24) is 0 Å². The average Bonchev–Trinajstić information content (AvgIpc) is 2.90. The molecule has 2 aromatic rings. The zero-order chi connectivity index (χ0) is 28.5. The van der Waals surface area contributed by atoms with Crippen molar-refractivity contribution in [2.45, 2.75) is 45.8 Å². The van der Waals surface area contributed by atoms with Crippen LogP contribution >= 0.6 is 0 Å². The first kappa shape index (κ1) is 29.9. The summed E-state index contributed by atoms with van der Waals surface area (Å²) in [6, 6.07) is 7.82. The molecular weight excluding hydrogens is 500 g/mol. The van der Waals surface area contributed by atoms with Gasteiger partial charge in [-0.05, 0) is 33.6 Å². The molecule has 0 saturated carbocycles. The first-order chi connectivity index (χ1) is 18.7. The van der Waals surface area contributed by atoms with Crippen molar-refractivity contribution >= 4 is 22.7 Å². The van der Waals surface area contributed by atoms with Gasteiger partial charge in [-0.15, -0.1) is 0 Å². The Morgan fingerprint density at radius 3 is 1.69 bits per heavy atom. The van der Waals surface area contributed by atoms with Crippen LogP contribution in [0.5, 0.6) is 11.5 Å². The maximum atomic E-state index is 12.1. The van der Waals surface area contributed by atoms with Crippen molar-refractivity contribution in [2.24, 2.45) is 0 Å². The molecule has 0 bridgehead atoms. The number of hydrogen-bond donors (Lipinski definition) is 0. The second-order valence-corrected chi connectivity index (χ2v) is 9.74. The van der Waals surface area contributed by atoms with Gasteiger partial charge >= 0.3 is 11.9 Å². The predicted octanol–water partition coefficient (Wildman–Crippen LogP) is 4.91. The summed E-state index contributed by atoms with van der Waals surface area (Å²) in [5, 5.41) is 1.73. The summed E-state index contributed by atoms with van der Waals surface area (Å²) in [5.41, 5.74) is 3.83. The van der Waals surface area contributed by atoms with Gasteiger partial charge in [-0.3, -0.25) is 0 Å². The topological polar surface area (TPSA) is 89.5 Å². The van der Waals surface area contributed by atoms with Crippen LogP contribution in [0, 0.1) is 0 Å². The molecule has 0 radical (unpaired) electrons. The first-order valence-electron chi connectivity index (χ1n) is 12.8. The lowest BCUT2D eigenvalue weighted by Crippen LogP contribution is -2.30. The van der Waals surface area contributed by atoms with Crippen LogP contribution < -0.4 is 9.47 Å². The van der Waals surface area contributed by atoms with Gasteiger partial charge < -0.3 is 28.4 Å². The zero-order valence-corrected chi connectivity index (χ0v) is 23.5. The normalized spacial score (nSPS) is 14.0. The zero-order valence-electron chi connectivity index (χ0n) is 23.5. The summed E-state index contributed by atoms with van der Waals surface area (Å²) in [4.78, 5) is 24.3. The van der Waals surface area contributed by atoms with Crippen LogP contribution in [-0.4, -0.2) is 64.8 Å². The molecule has 0 aromatic heterocycles. The highest BCUT2D eigenvalue weighted by molar-refractivity contribution is 5.96. The third kappa shape index (κ3) is 7.71. The molecule has 210 valence electrons. The number of ether oxygens (including phenoxy) is 6. The molecule has 0 N–H and O–H groups in total. The highest BCUT2D eigenvalue weighted by Gasteiger charge is 2.26. The van der Waals surface area contributed by atoms with Crippen LogP contribution in [0.3, 0.4) is 0 Å². The smallest absolute Gasteiger partial charge is 0.333 e. The van der Waals surface area contributed by atoms with Crippen molar-refractivity contribution in [2.75, 3.05) is 40.6 Å². The molecule has 8 nitrogen and oxygen atoms in total. The highest BCUT2D eigenvalue weighted by Crippen LogP contribution is 2.44. The Bertz CT molecular complexity index is 1260. The van der Waals surface area contributed by atoms with E-state index < -0.39 is 24.1 Å². The first-order valence-corrected chi connectivity index (χ1v) is 12.8. The van der Waals surface area contributed by atoms with E-state index in [1.165, 1.54) is 5.57 Å². The Morgan fingerprint density at radius 1 is 0.795 bits per heavy atom. The summed E-state index contributed by atoms with van der Waals surface area (Å²) >= 11 is 0. The van der Waals surface area contributed by atoms with Gasteiger partial charge in [0.2, 0.25) is 0 Å². The standard InChI is InChI=1S/C31H38O8/c1-19(2)30(32)38-22(15-34-6)17-36-28-24-10-8-9-11-25(24)29(27-14-21(5)12-13-26(27)28)37-18-23(16-35-7)39-31(33)20(3)4/h8-12,22-23H,1,3,13-18H2,2,4-7H3. The number of fused-ring (bicyclic) bond motifs is 2. The molecule has 0 saturated heterocycles. The molecule has 2 aromatic carbocycles. The van der Waals surface area contributed by atoms with E-state index >= 15 is 0 Å². The van der Waals surface area contributed by atoms with Gasteiger partial charge in [0.05, 0.1) is 13.2 Å². The third-order valence-corrected chi connectivity index (χ3v) is 6.22. The number of esters is 2. The summed E-state index contributed by atoms with van der Waals surface area (Å²) < 4.78 is 34.3. The minimum Gasteiger partial charge on any atom is -0.489 e. The third-order valence-electron chi connectivity index (χ3n) is 6.22. The number of hydrogen-bond acceptors (Lipinski definition) is 8. The average molecular weight is 539 g/mol. The maximum Gasteiger partial charge on any atom is 0.333 e. The number of allylic oxidation sites excluding steroid dienone is 2. The lowest BCUT2D eigenvalue weighted by Gasteiger charge is -2.27. The van der Waals surface area contributed by atoms with Crippen molar-refractivity contribution < 1.29 is 38.0 Å². The number of carbonyl (C=O) groups is 2. The van der Waals surface area contributed by atoms with Crippen molar-refractivity contribution in [3.8, 4) is 11.5 Å². The van der Waals surface area contributed by atoms with Gasteiger partial charge in [-0.2, -0.15) is 0 Å². The second kappa shape index (κ2) is 14.0. The molecule has 0 fully saturated rings. The van der Waals surface area contributed by atoms with E-state index in [-0.39, 0.29) is 26.4 Å². The van der Waals surface area contributed by atoms with E-state index in [2.05, 4.69) is 26.2 Å². The summed E-state index contributed by atoms with van der Waals surface area (Å²) in [7, 11) is 3.09. The molecule has 0 aliphatic heterocycles. The Labute approximate surface area is 230 Å². The molecule has 2 atom stereocenters. The Hall–Kier alpha value is -3.62. The molecule has 3 rings (SSSR count). The van der Waals surface area contributed by atoms with Crippen LogP contribution in [0.15, 0.2) is 60.2 Å². The molecule has 1 aliphatic carbocycles. The molecule has 0 spiro atoms. The van der Waals surface area contributed by atoms with E-state index in [9.17, 15) is 9.59 Å².